The molecule has 0 atom stereocenters. The molecule has 6 aromatic rings. The van der Waals surface area contributed by atoms with E-state index in [1.807, 2.05) is 51.1 Å². The van der Waals surface area contributed by atoms with Crippen LogP contribution in [-0.4, -0.2) is 69.7 Å². The zero-order chi connectivity index (χ0) is 41.5. The van der Waals surface area contributed by atoms with Gasteiger partial charge in [-0.25, -0.2) is 24.7 Å². The molecule has 1 aliphatic carbocycles. The number of nitrogens with zero attached hydrogens (tertiary/aromatic N) is 6. The molecule has 1 N–H and O–H groups in total. The number of thiazole rings is 1. The highest BCUT2D eigenvalue weighted by Crippen LogP contribution is 2.39. The van der Waals surface area contributed by atoms with E-state index in [4.69, 9.17) is 28.9 Å². The Balaban J connectivity index is 1.00. The Morgan fingerprint density at radius 3 is 2.40 bits per heavy atom. The van der Waals surface area contributed by atoms with Crippen LogP contribution in [0.25, 0.3) is 21.1 Å². The quantitative estimate of drug-likeness (QED) is 0.134. The maximum Gasteiger partial charge on any atom is 0.410 e. The Bertz CT molecular complexity index is 2580. The molecule has 310 valence electrons. The molecule has 60 heavy (non-hydrogen) atoms. The maximum atomic E-state index is 14.5. The van der Waals surface area contributed by atoms with Crippen LogP contribution in [0.2, 0.25) is 0 Å². The average Bonchev–Trinajstić information content (AvgIpc) is 3.82. The molecule has 3 aromatic heterocycles. The topological polar surface area (TPSA) is 141 Å². The number of hydrogen-bond acceptors (Lipinski definition) is 12. The second-order valence-electron chi connectivity index (χ2n) is 16.7. The van der Waals surface area contributed by atoms with Gasteiger partial charge in [0.05, 0.1) is 60.3 Å². The van der Waals surface area contributed by atoms with Crippen molar-refractivity contribution in [1.29, 1.82) is 0 Å². The van der Waals surface area contributed by atoms with E-state index in [0.29, 0.717) is 44.3 Å². The smallest absolute Gasteiger partial charge is 0.410 e. The lowest BCUT2D eigenvalue weighted by Crippen LogP contribution is -2.41. The fourth-order valence-electron chi connectivity index (χ4n) is 7.95. The van der Waals surface area contributed by atoms with E-state index in [0.717, 1.165) is 103 Å². The number of carbonyl (C=O) groups excluding carboxylic acids is 2. The Hall–Kier alpha value is -5.86. The zero-order valence-electron chi connectivity index (χ0n) is 34.6. The normalized spacial score (nSPS) is 15.6. The number of ether oxygens (including phenoxy) is 4. The van der Waals surface area contributed by atoms with Crippen molar-refractivity contribution in [2.75, 3.05) is 37.5 Å². The number of benzene rings is 3. The fourth-order valence-corrected chi connectivity index (χ4v) is 9.06. The minimum Gasteiger partial charge on any atom is -0.497 e. The third kappa shape index (κ3) is 8.30. The van der Waals surface area contributed by atoms with Gasteiger partial charge in [-0.1, -0.05) is 12.1 Å². The molecule has 2 fully saturated rings. The molecule has 9 rings (SSSR count). The van der Waals surface area contributed by atoms with Crippen molar-refractivity contribution in [2.45, 2.75) is 90.2 Å². The molecule has 0 bridgehead atoms. The first kappa shape index (κ1) is 39.6. The van der Waals surface area contributed by atoms with E-state index in [2.05, 4.69) is 39.6 Å². The number of amides is 2. The summed E-state index contributed by atoms with van der Waals surface area (Å²) in [5.74, 6) is 3.41. The van der Waals surface area contributed by atoms with Gasteiger partial charge in [0.25, 0.3) is 5.91 Å². The van der Waals surface area contributed by atoms with Crippen molar-refractivity contribution >= 4 is 56.0 Å². The Morgan fingerprint density at radius 2 is 1.67 bits per heavy atom. The van der Waals surface area contributed by atoms with Crippen LogP contribution in [0.1, 0.15) is 102 Å². The van der Waals surface area contributed by atoms with Crippen molar-refractivity contribution in [2.24, 2.45) is 0 Å². The molecule has 3 aromatic carbocycles. The monoisotopic (exact) mass is 827 g/mol. The van der Waals surface area contributed by atoms with Gasteiger partial charge < -0.3 is 34.1 Å². The molecule has 13 nitrogen and oxygen atoms in total. The highest BCUT2D eigenvalue weighted by Gasteiger charge is 2.30. The predicted molar refractivity (Wildman–Crippen MR) is 231 cm³/mol. The third-order valence-electron chi connectivity index (χ3n) is 11.3. The van der Waals surface area contributed by atoms with Crippen LogP contribution in [0.5, 0.6) is 11.5 Å². The van der Waals surface area contributed by atoms with Crippen LogP contribution in [0.3, 0.4) is 0 Å². The van der Waals surface area contributed by atoms with Crippen molar-refractivity contribution in [1.82, 2.24) is 24.8 Å². The number of fused-ring (bicyclic) bond motifs is 4. The summed E-state index contributed by atoms with van der Waals surface area (Å²) < 4.78 is 23.6. The summed E-state index contributed by atoms with van der Waals surface area (Å²) in [6.45, 7) is 8.64. The van der Waals surface area contributed by atoms with Gasteiger partial charge in [-0.2, -0.15) is 0 Å². The van der Waals surface area contributed by atoms with Gasteiger partial charge in [-0.15, -0.1) is 11.3 Å². The van der Waals surface area contributed by atoms with Crippen molar-refractivity contribution in [3.05, 3.63) is 106 Å². The molecule has 1 saturated heterocycles. The molecule has 5 heterocycles. The Labute approximate surface area is 353 Å². The number of pyridine rings is 1. The van der Waals surface area contributed by atoms with Crippen LogP contribution >= 0.6 is 11.3 Å². The first-order valence-corrected chi connectivity index (χ1v) is 21.3. The third-order valence-corrected chi connectivity index (χ3v) is 12.5. The molecule has 0 unspecified atom stereocenters. The molecular formula is C46H49N7O6S. The molecule has 2 aliphatic heterocycles. The van der Waals surface area contributed by atoms with Crippen LogP contribution < -0.4 is 19.7 Å². The van der Waals surface area contributed by atoms with Gasteiger partial charge in [0.1, 0.15) is 28.7 Å². The van der Waals surface area contributed by atoms with Gasteiger partial charge >= 0.3 is 6.09 Å². The number of methoxy groups -OCH3 is 2. The van der Waals surface area contributed by atoms with Gasteiger partial charge in [0.15, 0.2) is 0 Å². The number of aromatic nitrogens is 4. The highest BCUT2D eigenvalue weighted by atomic mass is 32.1. The molecule has 0 radical (unpaired) electrons. The summed E-state index contributed by atoms with van der Waals surface area (Å²) in [6.07, 6.45) is 6.82. The Kier molecular flexibility index (Phi) is 10.8. The number of rotatable bonds is 11. The zero-order valence-corrected chi connectivity index (χ0v) is 35.4. The molecule has 14 heteroatoms. The fraction of sp³-hybridized carbons (Fsp3) is 0.391. The van der Waals surface area contributed by atoms with E-state index in [1.54, 1.807) is 47.7 Å². The van der Waals surface area contributed by atoms with E-state index in [9.17, 15) is 9.59 Å². The standard InChI is InChI=1S/C46H49N7O6S/c1-46(2,3)59-45(55)52-16-14-29(15-17-52)43-51-38-19-32(10-13-40(38)60-43)53(44(54)31-22-47-41(48-23-31)28-7-8-28)24-27-6-12-34-35-25-58-26-36(35)42(50-37(34)18-27)49-21-30-9-11-33(56-4)20-39(30)57-5/h6,9-13,18-20,22-23,28-29H,7-8,14-17,21,24-26H2,1-5H3,(H,49,50). The summed E-state index contributed by atoms with van der Waals surface area (Å²) in [5, 5.41) is 5.61. The van der Waals surface area contributed by atoms with Gasteiger partial charge in [-0.05, 0) is 94.0 Å². The van der Waals surface area contributed by atoms with E-state index in [1.165, 1.54) is 0 Å². The molecule has 2 amide bonds. The second kappa shape index (κ2) is 16.3. The first-order valence-electron chi connectivity index (χ1n) is 20.5. The summed E-state index contributed by atoms with van der Waals surface area (Å²) in [5.41, 5.74) is 6.29. The lowest BCUT2D eigenvalue weighted by Gasteiger charge is -2.32. The van der Waals surface area contributed by atoms with Crippen molar-refractivity contribution in [3.8, 4) is 11.5 Å². The number of carbonyl (C=O) groups is 2. The largest absolute Gasteiger partial charge is 0.497 e. The molecule has 1 saturated carbocycles. The summed E-state index contributed by atoms with van der Waals surface area (Å²) in [6, 6.07) is 18.0. The van der Waals surface area contributed by atoms with Crippen LogP contribution in [0.4, 0.5) is 16.3 Å². The lowest BCUT2D eigenvalue weighted by atomic mass is 9.98. The number of hydrogen-bond donors (Lipinski definition) is 1. The number of likely N-dealkylation sites (tertiary alicyclic amines) is 1. The van der Waals surface area contributed by atoms with Crippen LogP contribution in [0, 0.1) is 0 Å². The van der Waals surface area contributed by atoms with Crippen LogP contribution in [-0.2, 0) is 35.8 Å². The second-order valence-corrected chi connectivity index (χ2v) is 17.8. The van der Waals surface area contributed by atoms with Gasteiger partial charge in [0, 0.05) is 72.1 Å². The SMILES string of the molecule is COc1ccc(CNc2nc3cc(CN(C(=O)c4cnc(C5CC5)nc4)c4ccc5sc(C6CCN(C(=O)OC(C)(C)C)CC6)nc5c4)ccc3c3c2COC3)c(OC)c1. The minimum absolute atomic E-state index is 0.201. The maximum absolute atomic E-state index is 14.5. The summed E-state index contributed by atoms with van der Waals surface area (Å²) in [7, 11) is 3.29. The lowest BCUT2D eigenvalue weighted by molar-refractivity contribution is 0.0204. The number of anilines is 2. The van der Waals surface area contributed by atoms with E-state index >= 15 is 0 Å². The van der Waals surface area contributed by atoms with E-state index < -0.39 is 5.60 Å². The first-order chi connectivity index (χ1) is 29.0. The molecule has 0 spiro atoms. The van der Waals surface area contributed by atoms with Gasteiger partial charge in [-0.3, -0.25) is 4.79 Å². The highest BCUT2D eigenvalue weighted by molar-refractivity contribution is 7.18. The number of piperidine rings is 1. The molecule has 3 aliphatic rings. The van der Waals surface area contributed by atoms with Crippen molar-refractivity contribution < 1.29 is 28.5 Å². The van der Waals surface area contributed by atoms with E-state index in [-0.39, 0.29) is 24.5 Å². The van der Waals surface area contributed by atoms with Crippen LogP contribution in [0.15, 0.2) is 67.0 Å². The predicted octanol–water partition coefficient (Wildman–Crippen LogP) is 9.13. The summed E-state index contributed by atoms with van der Waals surface area (Å²) in [4.78, 5) is 50.2. The van der Waals surface area contributed by atoms with Gasteiger partial charge in [0.2, 0.25) is 0 Å². The summed E-state index contributed by atoms with van der Waals surface area (Å²) >= 11 is 1.67. The minimum atomic E-state index is -0.531. The Morgan fingerprint density at radius 1 is 0.883 bits per heavy atom. The molecular weight excluding hydrogens is 779 g/mol. The van der Waals surface area contributed by atoms with Crippen molar-refractivity contribution in [3.63, 3.8) is 0 Å². The number of nitrogens with one attached hydrogen (secondary N) is 1. The average molecular weight is 828 g/mol.